The third-order valence-electron chi connectivity index (χ3n) is 4.18. The molecule has 0 aromatic rings. The summed E-state index contributed by atoms with van der Waals surface area (Å²) >= 11 is 0. The summed E-state index contributed by atoms with van der Waals surface area (Å²) in [6, 6.07) is 0. The quantitative estimate of drug-likeness (QED) is 0.378. The fourth-order valence-electron chi connectivity index (χ4n) is 2.82. The Bertz CT molecular complexity index is 210. The van der Waals surface area contributed by atoms with Crippen LogP contribution in [0.2, 0.25) is 0 Å². The van der Waals surface area contributed by atoms with Gasteiger partial charge in [0.15, 0.2) is 0 Å². The van der Waals surface area contributed by atoms with Crippen molar-refractivity contribution in [3.63, 3.8) is 0 Å². The molecule has 2 fully saturated rings. The van der Waals surface area contributed by atoms with Crippen LogP contribution in [0.15, 0.2) is 0 Å². The highest BCUT2D eigenvalue weighted by Gasteiger charge is 2.26. The summed E-state index contributed by atoms with van der Waals surface area (Å²) in [6.45, 7) is 2.05. The topological polar surface area (TPSA) is 21.8 Å². The van der Waals surface area contributed by atoms with Crippen LogP contribution in [0, 0.1) is 0 Å². The van der Waals surface area contributed by atoms with Gasteiger partial charge in [-0.2, -0.15) is 0 Å². The van der Waals surface area contributed by atoms with Crippen molar-refractivity contribution in [2.75, 3.05) is 13.2 Å². The van der Waals surface area contributed by atoms with Crippen LogP contribution in [0.5, 0.6) is 0 Å². The van der Waals surface area contributed by atoms with Gasteiger partial charge in [-0.15, -0.1) is 0 Å². The highest BCUT2D eigenvalue weighted by atomic mass is 28.1. The zero-order valence-corrected chi connectivity index (χ0v) is 13.4. The molecule has 0 amide bonds. The Kier molecular flexibility index (Phi) is 5.51. The maximum Gasteiger partial charge on any atom is 0.0810 e. The Morgan fingerprint density at radius 3 is 2.53 bits per heavy atom. The van der Waals surface area contributed by atoms with Crippen LogP contribution in [0.4, 0.5) is 0 Å². The lowest BCUT2D eigenvalue weighted by molar-refractivity contribution is -0.0240. The van der Waals surface area contributed by atoms with Gasteiger partial charge in [0.05, 0.1) is 12.7 Å². The fourth-order valence-corrected chi connectivity index (χ4v) is 3.74. The van der Waals surface area contributed by atoms with E-state index in [-0.39, 0.29) is 0 Å². The third-order valence-corrected chi connectivity index (χ3v) is 5.47. The monoisotopic (exact) mass is 256 g/mol. The number of hydrogen-bond donors (Lipinski definition) is 0. The minimum absolute atomic E-state index is 0.347. The van der Waals surface area contributed by atoms with Crippen molar-refractivity contribution in [2.45, 2.75) is 75.5 Å². The van der Waals surface area contributed by atoms with E-state index in [1.807, 2.05) is 0 Å². The zero-order chi connectivity index (χ0) is 12.0. The second-order valence-corrected chi connectivity index (χ2v) is 7.84. The summed E-state index contributed by atoms with van der Waals surface area (Å²) in [6.07, 6.45) is 14.2. The van der Waals surface area contributed by atoms with Gasteiger partial charge < -0.3 is 9.47 Å². The molecule has 2 rings (SSSR count). The maximum absolute atomic E-state index is 5.98. The highest BCUT2D eigenvalue weighted by Crippen LogP contribution is 2.27. The molecule has 0 spiro atoms. The van der Waals surface area contributed by atoms with E-state index < -0.39 is 0 Å². The van der Waals surface area contributed by atoms with Crippen LogP contribution in [-0.4, -0.2) is 34.8 Å². The second-order valence-electron chi connectivity index (χ2n) is 6.02. The lowest BCUT2D eigenvalue weighted by Crippen LogP contribution is -2.36. The van der Waals surface area contributed by atoms with Crippen LogP contribution in [0.25, 0.3) is 0 Å². The fraction of sp³-hybridized carbons (Fsp3) is 1.00. The van der Waals surface area contributed by atoms with Crippen LogP contribution in [0.1, 0.15) is 64.2 Å². The van der Waals surface area contributed by atoms with E-state index in [0.717, 1.165) is 13.2 Å². The van der Waals surface area contributed by atoms with E-state index in [0.29, 0.717) is 11.3 Å². The van der Waals surface area contributed by atoms with Crippen molar-refractivity contribution in [3.8, 4) is 0 Å². The van der Waals surface area contributed by atoms with Crippen molar-refractivity contribution in [3.05, 3.63) is 0 Å². The molecule has 2 heterocycles. The molecular weight excluding hydrogens is 228 g/mol. The number of epoxide rings is 1. The van der Waals surface area contributed by atoms with E-state index in [2.05, 4.69) is 0 Å². The van der Waals surface area contributed by atoms with E-state index >= 15 is 0 Å². The molecule has 2 aliphatic rings. The number of unbranched alkanes of at least 4 members (excludes halogenated alkanes) is 4. The first-order chi connectivity index (χ1) is 8.29. The summed E-state index contributed by atoms with van der Waals surface area (Å²) < 4.78 is 11.2. The maximum atomic E-state index is 5.98. The van der Waals surface area contributed by atoms with Gasteiger partial charge in [-0.1, -0.05) is 32.1 Å². The van der Waals surface area contributed by atoms with Gasteiger partial charge >= 0.3 is 0 Å². The van der Waals surface area contributed by atoms with Crippen LogP contribution < -0.4 is 0 Å². The smallest absolute Gasteiger partial charge is 0.0810 e. The lowest BCUT2D eigenvalue weighted by Gasteiger charge is -2.34. The largest absolute Gasteiger partial charge is 0.380 e. The molecule has 3 heteroatoms. The Labute approximate surface area is 109 Å². The highest BCUT2D eigenvalue weighted by molar-refractivity contribution is 6.14. The molecule has 100 valence electrons. The van der Waals surface area contributed by atoms with E-state index in [4.69, 9.17) is 9.47 Å². The zero-order valence-electron chi connectivity index (χ0n) is 11.4. The summed E-state index contributed by atoms with van der Waals surface area (Å²) in [5.74, 6) is 0. The number of hydrogen-bond acceptors (Lipinski definition) is 2. The average molecular weight is 256 g/mol. The van der Waals surface area contributed by atoms with Gasteiger partial charge in [0, 0.05) is 22.1 Å². The lowest BCUT2D eigenvalue weighted by atomic mass is 10.0. The summed E-state index contributed by atoms with van der Waals surface area (Å²) in [4.78, 5) is 0. The summed E-state index contributed by atoms with van der Waals surface area (Å²) in [5, 5.41) is 0.347. The van der Waals surface area contributed by atoms with Gasteiger partial charge in [0.2, 0.25) is 0 Å². The predicted octanol–water partition coefficient (Wildman–Crippen LogP) is 2.38. The number of rotatable bonds is 8. The third kappa shape index (κ3) is 5.54. The molecule has 2 nitrogen and oxygen atoms in total. The van der Waals surface area contributed by atoms with Gasteiger partial charge in [0.1, 0.15) is 0 Å². The van der Waals surface area contributed by atoms with Gasteiger partial charge in [0.25, 0.3) is 0 Å². The Balaban J connectivity index is 1.41. The molecule has 0 aliphatic carbocycles. The Morgan fingerprint density at radius 1 is 1.06 bits per heavy atom. The summed E-state index contributed by atoms with van der Waals surface area (Å²) in [5.41, 5.74) is 0. The Morgan fingerprint density at radius 2 is 1.82 bits per heavy atom. The van der Waals surface area contributed by atoms with Crippen LogP contribution in [0.3, 0.4) is 0 Å². The molecular formula is C14H28O2Si. The van der Waals surface area contributed by atoms with Gasteiger partial charge in [-0.25, -0.2) is 0 Å². The van der Waals surface area contributed by atoms with E-state index in [1.165, 1.54) is 74.5 Å². The van der Waals surface area contributed by atoms with Gasteiger partial charge in [-0.05, 0) is 32.1 Å². The minimum Gasteiger partial charge on any atom is -0.380 e. The van der Waals surface area contributed by atoms with Crippen LogP contribution >= 0.6 is 0 Å². The predicted molar refractivity (Wildman–Crippen MR) is 74.5 cm³/mol. The first kappa shape index (κ1) is 13.6. The van der Waals surface area contributed by atoms with Crippen molar-refractivity contribution >= 4 is 10.2 Å². The first-order valence-electron chi connectivity index (χ1n) is 7.54. The van der Waals surface area contributed by atoms with Crippen molar-refractivity contribution in [1.82, 2.24) is 0 Å². The van der Waals surface area contributed by atoms with Crippen molar-refractivity contribution in [2.24, 2.45) is 0 Å². The molecule has 2 aliphatic heterocycles. The first-order valence-corrected chi connectivity index (χ1v) is 8.54. The molecule has 0 saturated carbocycles. The van der Waals surface area contributed by atoms with Crippen molar-refractivity contribution in [1.29, 1.82) is 0 Å². The average Bonchev–Trinajstić information content (AvgIpc) is 3.13. The molecule has 0 radical (unpaired) electrons. The van der Waals surface area contributed by atoms with E-state index in [9.17, 15) is 0 Å². The number of ether oxygens (including phenoxy) is 2. The molecule has 0 aromatic carbocycles. The van der Waals surface area contributed by atoms with E-state index in [1.54, 1.807) is 0 Å². The molecule has 2 unspecified atom stereocenters. The Hall–Kier alpha value is 0.137. The van der Waals surface area contributed by atoms with Crippen molar-refractivity contribution < 1.29 is 9.47 Å². The molecule has 2 saturated heterocycles. The molecule has 17 heavy (non-hydrogen) atoms. The minimum atomic E-state index is 0.347. The molecule has 0 aromatic heterocycles. The molecule has 0 N–H and O–H groups in total. The van der Waals surface area contributed by atoms with Gasteiger partial charge in [-0.3, -0.25) is 0 Å². The normalized spacial score (nSPS) is 32.8. The second kappa shape index (κ2) is 6.91. The summed E-state index contributed by atoms with van der Waals surface area (Å²) in [7, 11) is 1.22. The standard InChI is InChI=1S/C14H28O2Si/c17-14(10-6-7-11-16-14)9-5-3-1-2-4-8-13-12-15-13/h13H,1-12H2,17H3. The molecule has 0 bridgehead atoms. The SMILES string of the molecule is [SiH3]C1(CCCCCCCC2CO2)CCCCO1. The van der Waals surface area contributed by atoms with Crippen LogP contribution in [-0.2, 0) is 9.47 Å². The molecule has 2 atom stereocenters.